The lowest BCUT2D eigenvalue weighted by atomic mass is 10.1. The molecule has 7 nitrogen and oxygen atoms in total. The summed E-state index contributed by atoms with van der Waals surface area (Å²) in [6.45, 7) is 0.134. The van der Waals surface area contributed by atoms with Gasteiger partial charge >= 0.3 is 0 Å². The van der Waals surface area contributed by atoms with Gasteiger partial charge in [-0.15, -0.1) is 5.10 Å². The van der Waals surface area contributed by atoms with E-state index in [0.717, 1.165) is 0 Å². The number of carbonyl (C=O) groups is 1. The van der Waals surface area contributed by atoms with Crippen LogP contribution >= 0.6 is 0 Å². The second-order valence-electron chi connectivity index (χ2n) is 5.07. The molecule has 0 saturated carbocycles. The van der Waals surface area contributed by atoms with Crippen molar-refractivity contribution in [3.05, 3.63) is 53.6 Å². The smallest absolute Gasteiger partial charge is 0.258 e. The molecule has 0 radical (unpaired) electrons. The monoisotopic (exact) mass is 330 g/mol. The number of hydrogen-bond donors (Lipinski definition) is 1. The molecular formula is C16H15FN4O3. The number of aromatic nitrogens is 3. The molecule has 0 bridgehead atoms. The van der Waals surface area contributed by atoms with E-state index in [4.69, 9.17) is 9.26 Å². The minimum atomic E-state index is -0.399. The molecule has 124 valence electrons. The van der Waals surface area contributed by atoms with Crippen LogP contribution in [0.25, 0.3) is 11.3 Å². The fourth-order valence-corrected chi connectivity index (χ4v) is 2.22. The highest BCUT2D eigenvalue weighted by molar-refractivity contribution is 5.96. The van der Waals surface area contributed by atoms with Gasteiger partial charge in [-0.2, -0.15) is 0 Å². The Hall–Kier alpha value is -3.16. The Balaban J connectivity index is 1.69. The predicted octanol–water partition coefficient (Wildman–Crippen LogP) is 2.15. The lowest BCUT2D eigenvalue weighted by Gasteiger charge is -2.02. The second kappa shape index (κ2) is 6.53. The van der Waals surface area contributed by atoms with Crippen molar-refractivity contribution in [3.63, 3.8) is 0 Å². The van der Waals surface area contributed by atoms with Crippen LogP contribution in [0.1, 0.15) is 16.1 Å². The van der Waals surface area contributed by atoms with Gasteiger partial charge < -0.3 is 14.6 Å². The largest absolute Gasteiger partial charge is 0.479 e. The molecule has 0 spiro atoms. The number of amides is 1. The predicted molar refractivity (Wildman–Crippen MR) is 82.8 cm³/mol. The van der Waals surface area contributed by atoms with Crippen molar-refractivity contribution >= 4 is 5.91 Å². The average molecular weight is 330 g/mol. The zero-order valence-electron chi connectivity index (χ0n) is 13.1. The fourth-order valence-electron chi connectivity index (χ4n) is 2.22. The van der Waals surface area contributed by atoms with Crippen LogP contribution in [0.4, 0.5) is 4.39 Å². The van der Waals surface area contributed by atoms with Gasteiger partial charge in [-0.25, -0.2) is 4.39 Å². The fraction of sp³-hybridized carbons (Fsp3) is 0.188. The maximum atomic E-state index is 13.7. The zero-order valence-corrected chi connectivity index (χ0v) is 13.1. The number of aryl methyl sites for hydroxylation is 1. The van der Waals surface area contributed by atoms with Crippen molar-refractivity contribution in [2.45, 2.75) is 6.54 Å². The van der Waals surface area contributed by atoms with Crippen LogP contribution in [0.3, 0.4) is 0 Å². The Bertz CT molecular complexity index is 872. The molecule has 0 aliphatic heterocycles. The summed E-state index contributed by atoms with van der Waals surface area (Å²) in [6.07, 6.45) is 1.56. The number of ether oxygens (including phenoxy) is 1. The topological polar surface area (TPSA) is 82.2 Å². The normalized spacial score (nSPS) is 10.6. The van der Waals surface area contributed by atoms with E-state index in [2.05, 4.69) is 15.6 Å². The summed E-state index contributed by atoms with van der Waals surface area (Å²) in [5.41, 5.74) is 1.11. The van der Waals surface area contributed by atoms with Gasteiger partial charge in [0.2, 0.25) is 5.88 Å². The third kappa shape index (κ3) is 3.12. The number of carbonyl (C=O) groups excluding carboxylic acids is 1. The van der Waals surface area contributed by atoms with Gasteiger partial charge in [-0.3, -0.25) is 9.48 Å². The third-order valence-electron chi connectivity index (χ3n) is 3.36. The molecule has 1 aromatic carbocycles. The molecule has 24 heavy (non-hydrogen) atoms. The first kappa shape index (κ1) is 15.7. The molecule has 0 unspecified atom stereocenters. The van der Waals surface area contributed by atoms with Crippen molar-refractivity contribution in [2.24, 2.45) is 7.05 Å². The minimum absolute atomic E-state index is 0.134. The molecular weight excluding hydrogens is 315 g/mol. The number of rotatable bonds is 5. The number of hydrogen-bond acceptors (Lipinski definition) is 5. The number of halogens is 1. The first-order valence-electron chi connectivity index (χ1n) is 7.15. The van der Waals surface area contributed by atoms with Crippen LogP contribution in [0, 0.1) is 5.82 Å². The first-order chi connectivity index (χ1) is 11.6. The number of nitrogens with one attached hydrogen (secondary N) is 1. The van der Waals surface area contributed by atoms with Gasteiger partial charge in [0.25, 0.3) is 5.91 Å². The van der Waals surface area contributed by atoms with Crippen LogP contribution in [-0.2, 0) is 13.6 Å². The summed E-state index contributed by atoms with van der Waals surface area (Å²) in [7, 11) is 3.13. The maximum Gasteiger partial charge on any atom is 0.258 e. The second-order valence-corrected chi connectivity index (χ2v) is 5.07. The van der Waals surface area contributed by atoms with Crippen LogP contribution < -0.4 is 10.1 Å². The van der Waals surface area contributed by atoms with Crippen LogP contribution in [0.5, 0.6) is 5.88 Å². The molecule has 2 heterocycles. The summed E-state index contributed by atoms with van der Waals surface area (Å²) < 4.78 is 25.4. The Morgan fingerprint density at radius 1 is 1.42 bits per heavy atom. The molecule has 3 aromatic rings. The molecule has 0 aliphatic carbocycles. The Morgan fingerprint density at radius 2 is 2.21 bits per heavy atom. The van der Waals surface area contributed by atoms with Crippen molar-refractivity contribution in [3.8, 4) is 17.2 Å². The summed E-state index contributed by atoms with van der Waals surface area (Å²) in [4.78, 5) is 12.2. The van der Waals surface area contributed by atoms with E-state index in [1.54, 1.807) is 37.5 Å². The molecule has 0 saturated heterocycles. The van der Waals surface area contributed by atoms with E-state index in [9.17, 15) is 9.18 Å². The Labute approximate surface area is 137 Å². The number of nitrogens with zero attached hydrogens (tertiary/aromatic N) is 3. The highest BCUT2D eigenvalue weighted by atomic mass is 19.1. The lowest BCUT2D eigenvalue weighted by Crippen LogP contribution is -2.23. The molecule has 0 atom stereocenters. The van der Waals surface area contributed by atoms with Gasteiger partial charge in [0.05, 0.1) is 19.2 Å². The summed E-state index contributed by atoms with van der Waals surface area (Å²) in [5, 5.41) is 10.5. The SMILES string of the molecule is COc1nn(C)cc1C(=O)NCc1cc(-c2ccccc2F)on1. The van der Waals surface area contributed by atoms with Gasteiger partial charge in [0.1, 0.15) is 17.1 Å². The lowest BCUT2D eigenvalue weighted by molar-refractivity contribution is 0.0947. The van der Waals surface area contributed by atoms with E-state index in [1.807, 2.05) is 0 Å². The highest BCUT2D eigenvalue weighted by Gasteiger charge is 2.17. The molecule has 0 fully saturated rings. The van der Waals surface area contributed by atoms with Crippen molar-refractivity contribution < 1.29 is 18.4 Å². The Kier molecular flexibility index (Phi) is 4.28. The summed E-state index contributed by atoms with van der Waals surface area (Å²) in [5.74, 6) is -0.210. The van der Waals surface area contributed by atoms with Gasteiger partial charge in [-0.1, -0.05) is 17.3 Å². The van der Waals surface area contributed by atoms with E-state index in [-0.39, 0.29) is 18.3 Å². The minimum Gasteiger partial charge on any atom is -0.479 e. The first-order valence-corrected chi connectivity index (χ1v) is 7.15. The molecule has 2 aromatic heterocycles. The molecule has 0 aliphatic rings. The van der Waals surface area contributed by atoms with Gasteiger partial charge in [0, 0.05) is 19.3 Å². The number of benzene rings is 1. The molecule has 1 N–H and O–H groups in total. The van der Waals surface area contributed by atoms with Gasteiger partial charge in [0.15, 0.2) is 5.76 Å². The third-order valence-corrected chi connectivity index (χ3v) is 3.36. The van der Waals surface area contributed by atoms with Crippen molar-refractivity contribution in [2.75, 3.05) is 7.11 Å². The van der Waals surface area contributed by atoms with E-state index in [0.29, 0.717) is 22.6 Å². The Morgan fingerprint density at radius 3 is 2.96 bits per heavy atom. The summed E-state index contributed by atoms with van der Waals surface area (Å²) >= 11 is 0. The molecule has 3 rings (SSSR count). The molecule has 8 heteroatoms. The zero-order chi connectivity index (χ0) is 17.1. The van der Waals surface area contributed by atoms with Crippen molar-refractivity contribution in [1.29, 1.82) is 0 Å². The highest BCUT2D eigenvalue weighted by Crippen LogP contribution is 2.23. The average Bonchev–Trinajstić information content (AvgIpc) is 3.19. The van der Waals surface area contributed by atoms with E-state index in [1.165, 1.54) is 17.9 Å². The van der Waals surface area contributed by atoms with Crippen LogP contribution in [0.2, 0.25) is 0 Å². The quantitative estimate of drug-likeness (QED) is 0.775. The molecule has 1 amide bonds. The van der Waals surface area contributed by atoms with Crippen LogP contribution in [-0.4, -0.2) is 28.0 Å². The summed E-state index contributed by atoms with van der Waals surface area (Å²) in [6, 6.07) is 7.82. The maximum absolute atomic E-state index is 13.7. The standard InChI is InChI=1S/C16H15FN4O3/c1-21-9-12(16(19-21)23-2)15(22)18-8-10-7-14(24-20-10)11-5-3-4-6-13(11)17/h3-7,9H,8H2,1-2H3,(H,18,22). The van der Waals surface area contributed by atoms with Gasteiger partial charge in [-0.05, 0) is 12.1 Å². The van der Waals surface area contributed by atoms with E-state index < -0.39 is 5.82 Å². The van der Waals surface area contributed by atoms with E-state index >= 15 is 0 Å². The van der Waals surface area contributed by atoms with Crippen LogP contribution in [0.15, 0.2) is 41.1 Å². The number of methoxy groups -OCH3 is 1. The van der Waals surface area contributed by atoms with Crippen molar-refractivity contribution in [1.82, 2.24) is 20.3 Å².